The summed E-state index contributed by atoms with van der Waals surface area (Å²) in [5, 5.41) is 5.01. The Balaban J connectivity index is 1.87. The van der Waals surface area contributed by atoms with Crippen LogP contribution in [0.15, 0.2) is 42.5 Å². The first kappa shape index (κ1) is 18.1. The zero-order valence-electron chi connectivity index (χ0n) is 13.8. The first-order valence-corrected chi connectivity index (χ1v) is 7.46. The molecule has 0 fully saturated rings. The maximum absolute atomic E-state index is 13.4. The number of nitrogens with one attached hydrogen (secondary N) is 2. The zero-order valence-corrected chi connectivity index (χ0v) is 13.8. The normalized spacial score (nSPS) is 10.0. The molecule has 0 spiro atoms. The van der Waals surface area contributed by atoms with E-state index in [1.54, 1.807) is 25.1 Å². The lowest BCUT2D eigenvalue weighted by atomic mass is 10.2. The number of esters is 1. The minimum Gasteiger partial charge on any atom is -0.452 e. The Hall–Kier alpha value is -3.22. The lowest BCUT2D eigenvalue weighted by Crippen LogP contribution is -2.21. The van der Waals surface area contributed by atoms with Crippen molar-refractivity contribution in [2.75, 3.05) is 17.2 Å². The molecule has 0 bridgehead atoms. The Morgan fingerprint density at radius 2 is 1.64 bits per heavy atom. The Kier molecular flexibility index (Phi) is 5.84. The van der Waals surface area contributed by atoms with Gasteiger partial charge in [0.2, 0.25) is 5.91 Å². The van der Waals surface area contributed by atoms with Crippen LogP contribution in [-0.2, 0) is 14.3 Å². The molecule has 2 aromatic rings. The molecule has 25 heavy (non-hydrogen) atoms. The Morgan fingerprint density at radius 1 is 1.00 bits per heavy atom. The van der Waals surface area contributed by atoms with Crippen molar-refractivity contribution in [2.24, 2.45) is 0 Å². The SMILES string of the molecule is CC(=O)Nc1ccc(C(=O)OCC(=O)Nc2ccc(C)c(F)c2)cc1. The molecule has 6 nitrogen and oxygen atoms in total. The molecule has 0 saturated heterocycles. The summed E-state index contributed by atoms with van der Waals surface area (Å²) < 4.78 is 18.3. The van der Waals surface area contributed by atoms with Gasteiger partial charge in [-0.3, -0.25) is 9.59 Å². The van der Waals surface area contributed by atoms with E-state index in [2.05, 4.69) is 10.6 Å². The highest BCUT2D eigenvalue weighted by atomic mass is 19.1. The Morgan fingerprint density at radius 3 is 2.24 bits per heavy atom. The molecule has 0 aliphatic carbocycles. The monoisotopic (exact) mass is 344 g/mol. The number of hydrogen-bond donors (Lipinski definition) is 2. The van der Waals surface area contributed by atoms with E-state index in [4.69, 9.17) is 4.74 Å². The molecule has 0 atom stereocenters. The maximum Gasteiger partial charge on any atom is 0.338 e. The second-order valence-electron chi connectivity index (χ2n) is 5.35. The summed E-state index contributed by atoms with van der Waals surface area (Å²) in [7, 11) is 0. The number of rotatable bonds is 5. The molecule has 2 amide bonds. The first-order chi connectivity index (χ1) is 11.8. The van der Waals surface area contributed by atoms with Crippen LogP contribution in [0.4, 0.5) is 15.8 Å². The standard InChI is InChI=1S/C18H17FN2O4/c1-11-3-6-15(9-16(11)19)21-17(23)10-25-18(24)13-4-7-14(8-5-13)20-12(2)22/h3-9H,10H2,1-2H3,(H,20,22)(H,21,23). The lowest BCUT2D eigenvalue weighted by molar-refractivity contribution is -0.119. The molecule has 0 aromatic heterocycles. The number of ether oxygens (including phenoxy) is 1. The fourth-order valence-electron chi connectivity index (χ4n) is 1.98. The molecule has 0 saturated carbocycles. The van der Waals surface area contributed by atoms with Crippen molar-refractivity contribution in [1.29, 1.82) is 0 Å². The van der Waals surface area contributed by atoms with Crippen molar-refractivity contribution in [1.82, 2.24) is 0 Å². The number of carbonyl (C=O) groups is 3. The Bertz CT molecular complexity index is 803. The molecule has 2 aromatic carbocycles. The van der Waals surface area contributed by atoms with E-state index in [0.717, 1.165) is 0 Å². The van der Waals surface area contributed by atoms with E-state index in [9.17, 15) is 18.8 Å². The van der Waals surface area contributed by atoms with Crippen LogP contribution in [0.5, 0.6) is 0 Å². The van der Waals surface area contributed by atoms with Gasteiger partial charge < -0.3 is 15.4 Å². The molecule has 2 N–H and O–H groups in total. The average molecular weight is 344 g/mol. The van der Waals surface area contributed by atoms with Crippen molar-refractivity contribution in [3.8, 4) is 0 Å². The molecule has 0 aliphatic heterocycles. The highest BCUT2D eigenvalue weighted by molar-refractivity contribution is 5.96. The van der Waals surface area contributed by atoms with Crippen LogP contribution >= 0.6 is 0 Å². The number of aryl methyl sites for hydroxylation is 1. The Labute approximate surface area is 144 Å². The molecular weight excluding hydrogens is 327 g/mol. The van der Waals surface area contributed by atoms with Gasteiger partial charge in [-0.05, 0) is 48.9 Å². The van der Waals surface area contributed by atoms with Crippen LogP contribution in [0.3, 0.4) is 0 Å². The van der Waals surface area contributed by atoms with Gasteiger partial charge in [-0.15, -0.1) is 0 Å². The summed E-state index contributed by atoms with van der Waals surface area (Å²) in [5.74, 6) is -1.92. The molecule has 0 unspecified atom stereocenters. The summed E-state index contributed by atoms with van der Waals surface area (Å²) in [6.07, 6.45) is 0. The third-order valence-electron chi connectivity index (χ3n) is 3.23. The highest BCUT2D eigenvalue weighted by Gasteiger charge is 2.11. The van der Waals surface area contributed by atoms with E-state index in [1.165, 1.54) is 31.2 Å². The second kappa shape index (κ2) is 8.05. The zero-order chi connectivity index (χ0) is 18.4. The number of benzene rings is 2. The molecule has 0 heterocycles. The summed E-state index contributed by atoms with van der Waals surface area (Å²) in [5.41, 5.74) is 1.53. The van der Waals surface area contributed by atoms with Crippen LogP contribution < -0.4 is 10.6 Å². The quantitative estimate of drug-likeness (QED) is 0.817. The van der Waals surface area contributed by atoms with Crippen molar-refractivity contribution in [3.05, 3.63) is 59.4 Å². The van der Waals surface area contributed by atoms with Crippen molar-refractivity contribution < 1.29 is 23.5 Å². The predicted molar refractivity (Wildman–Crippen MR) is 90.8 cm³/mol. The number of hydrogen-bond acceptors (Lipinski definition) is 4. The summed E-state index contributed by atoms with van der Waals surface area (Å²) >= 11 is 0. The fourth-order valence-corrected chi connectivity index (χ4v) is 1.98. The third-order valence-corrected chi connectivity index (χ3v) is 3.23. The topological polar surface area (TPSA) is 84.5 Å². The molecule has 2 rings (SSSR count). The van der Waals surface area contributed by atoms with Gasteiger partial charge in [-0.25, -0.2) is 9.18 Å². The van der Waals surface area contributed by atoms with Gasteiger partial charge in [-0.1, -0.05) is 6.07 Å². The number of carbonyl (C=O) groups excluding carboxylic acids is 3. The van der Waals surface area contributed by atoms with Gasteiger partial charge in [0.1, 0.15) is 5.82 Å². The van der Waals surface area contributed by atoms with Gasteiger partial charge in [0.05, 0.1) is 5.56 Å². The predicted octanol–water partition coefficient (Wildman–Crippen LogP) is 2.89. The summed E-state index contributed by atoms with van der Waals surface area (Å²) in [4.78, 5) is 34.6. The second-order valence-corrected chi connectivity index (χ2v) is 5.35. The van der Waals surface area contributed by atoms with E-state index >= 15 is 0 Å². The van der Waals surface area contributed by atoms with Gasteiger partial charge in [0, 0.05) is 18.3 Å². The lowest BCUT2D eigenvalue weighted by Gasteiger charge is -2.08. The largest absolute Gasteiger partial charge is 0.452 e. The number of halogens is 1. The van der Waals surface area contributed by atoms with Crippen LogP contribution in [0.1, 0.15) is 22.8 Å². The highest BCUT2D eigenvalue weighted by Crippen LogP contribution is 2.14. The molecular formula is C18H17FN2O4. The van der Waals surface area contributed by atoms with Crippen molar-refractivity contribution >= 4 is 29.2 Å². The number of amides is 2. The van der Waals surface area contributed by atoms with Crippen molar-refractivity contribution in [2.45, 2.75) is 13.8 Å². The maximum atomic E-state index is 13.4. The van der Waals surface area contributed by atoms with Crippen LogP contribution in [0, 0.1) is 12.7 Å². The van der Waals surface area contributed by atoms with Crippen LogP contribution in [-0.4, -0.2) is 24.4 Å². The van der Waals surface area contributed by atoms with E-state index in [1.807, 2.05) is 0 Å². The summed E-state index contributed by atoms with van der Waals surface area (Å²) in [6, 6.07) is 10.3. The minimum absolute atomic E-state index is 0.223. The smallest absolute Gasteiger partial charge is 0.338 e. The van der Waals surface area contributed by atoms with Crippen LogP contribution in [0.25, 0.3) is 0 Å². The van der Waals surface area contributed by atoms with E-state index < -0.39 is 24.3 Å². The van der Waals surface area contributed by atoms with Crippen molar-refractivity contribution in [3.63, 3.8) is 0 Å². The summed E-state index contributed by atoms with van der Waals surface area (Å²) in [6.45, 7) is 2.49. The van der Waals surface area contributed by atoms with Gasteiger partial charge in [0.25, 0.3) is 5.91 Å². The van der Waals surface area contributed by atoms with Gasteiger partial charge in [0.15, 0.2) is 6.61 Å². The molecule has 130 valence electrons. The number of anilines is 2. The fraction of sp³-hybridized carbons (Fsp3) is 0.167. The minimum atomic E-state index is -0.681. The first-order valence-electron chi connectivity index (χ1n) is 7.46. The van der Waals surface area contributed by atoms with E-state index in [0.29, 0.717) is 11.3 Å². The third kappa shape index (κ3) is 5.42. The average Bonchev–Trinajstić information content (AvgIpc) is 2.56. The van der Waals surface area contributed by atoms with Crippen LogP contribution in [0.2, 0.25) is 0 Å². The van der Waals surface area contributed by atoms with Gasteiger partial charge >= 0.3 is 5.97 Å². The molecule has 7 heteroatoms. The molecule has 0 aliphatic rings. The molecule has 0 radical (unpaired) electrons. The van der Waals surface area contributed by atoms with E-state index in [-0.39, 0.29) is 17.2 Å². The van der Waals surface area contributed by atoms with Gasteiger partial charge in [-0.2, -0.15) is 0 Å².